The van der Waals surface area contributed by atoms with Gasteiger partial charge >= 0.3 is 11.9 Å². The monoisotopic (exact) mass is 586 g/mol. The first-order valence-corrected chi connectivity index (χ1v) is 14.7. The van der Waals surface area contributed by atoms with Crippen LogP contribution in [0.5, 0.6) is 0 Å². The number of hydrogen-bond donors (Lipinski definition) is 4. The zero-order valence-corrected chi connectivity index (χ0v) is 24.7. The van der Waals surface area contributed by atoms with Crippen LogP contribution in [0.4, 0.5) is 0 Å². The molecule has 3 aliphatic heterocycles. The molecule has 42 heavy (non-hydrogen) atoms. The van der Waals surface area contributed by atoms with Crippen LogP contribution in [0.25, 0.3) is 0 Å². The maximum absolute atomic E-state index is 12.8. The molecule has 9 nitrogen and oxygen atoms in total. The van der Waals surface area contributed by atoms with Crippen LogP contribution in [0.2, 0.25) is 0 Å². The van der Waals surface area contributed by atoms with E-state index in [9.17, 15) is 24.9 Å². The number of aliphatic carboxylic acids is 1. The van der Waals surface area contributed by atoms with Crippen LogP contribution in [0.15, 0.2) is 72.4 Å². The summed E-state index contributed by atoms with van der Waals surface area (Å²) in [6, 6.07) is 0. The largest absolute Gasteiger partial charge is 0.479 e. The van der Waals surface area contributed by atoms with Crippen molar-refractivity contribution in [2.75, 3.05) is 6.61 Å². The quantitative estimate of drug-likeness (QED) is 0.269. The lowest BCUT2D eigenvalue weighted by atomic mass is 9.73. The fourth-order valence-electron chi connectivity index (χ4n) is 5.44. The van der Waals surface area contributed by atoms with Gasteiger partial charge in [-0.2, -0.15) is 0 Å². The summed E-state index contributed by atoms with van der Waals surface area (Å²) in [4.78, 5) is 23.7. The highest BCUT2D eigenvalue weighted by Gasteiger charge is 2.49. The van der Waals surface area contributed by atoms with E-state index in [1.807, 2.05) is 51.2 Å². The first-order valence-electron chi connectivity index (χ1n) is 14.7. The molecule has 0 aromatic heterocycles. The molecule has 3 heterocycles. The van der Waals surface area contributed by atoms with Gasteiger partial charge in [0.25, 0.3) is 0 Å². The minimum atomic E-state index is -1.49. The molecule has 0 aromatic rings. The zero-order valence-electron chi connectivity index (χ0n) is 24.7. The molecule has 3 aliphatic rings. The van der Waals surface area contributed by atoms with E-state index < -0.39 is 41.8 Å². The predicted molar refractivity (Wildman–Crippen MR) is 158 cm³/mol. The highest BCUT2D eigenvalue weighted by molar-refractivity contribution is 5.82. The average Bonchev–Trinajstić information content (AvgIpc) is 2.94. The van der Waals surface area contributed by atoms with Crippen molar-refractivity contribution in [3.63, 3.8) is 0 Å². The van der Waals surface area contributed by atoms with E-state index in [0.29, 0.717) is 32.1 Å². The van der Waals surface area contributed by atoms with E-state index in [1.54, 1.807) is 24.3 Å². The Bertz CT molecular complexity index is 1090. The first-order chi connectivity index (χ1) is 20.0. The summed E-state index contributed by atoms with van der Waals surface area (Å²) in [6.45, 7) is 5.52. The van der Waals surface area contributed by atoms with Crippen molar-refractivity contribution in [2.24, 2.45) is 11.3 Å². The Balaban J connectivity index is 1.82. The summed E-state index contributed by atoms with van der Waals surface area (Å²) < 4.78 is 18.5. The SMILES string of the molecule is CC1=CC2OC(CC=CC=CC(=O)OC3CC(C=CCC=C1)OC(CC=CCC(O)C(=O)O)C3(C)CO)CC(O)C2C. The standard InChI is InChI=1S/C33H46O9/c1-22-12-6-4-7-14-25-20-30(33(3,21-34)29(41-25)16-11-10-15-26(35)32(38)39)42-31(37)17-9-5-8-13-24-19-27(36)23(2)28(18-22)40-24/h5-12,14,17-18,23-30,34-36H,4,13,15-16,19-21H2,1-3H3,(H,38,39). The molecular formula is C33H46O9. The van der Waals surface area contributed by atoms with Crippen molar-refractivity contribution in [3.05, 3.63) is 72.4 Å². The van der Waals surface area contributed by atoms with Gasteiger partial charge in [-0.3, -0.25) is 0 Å². The number of hydrogen-bond acceptors (Lipinski definition) is 8. The molecule has 0 saturated carbocycles. The minimum absolute atomic E-state index is 0.0213. The third kappa shape index (κ3) is 9.61. The van der Waals surface area contributed by atoms with E-state index in [2.05, 4.69) is 6.08 Å². The molecule has 0 aromatic carbocycles. The van der Waals surface area contributed by atoms with Crippen molar-refractivity contribution >= 4 is 11.9 Å². The number of esters is 1. The summed E-state index contributed by atoms with van der Waals surface area (Å²) in [7, 11) is 0. The van der Waals surface area contributed by atoms with Gasteiger partial charge in [0.2, 0.25) is 0 Å². The van der Waals surface area contributed by atoms with E-state index in [4.69, 9.17) is 19.3 Å². The van der Waals surface area contributed by atoms with Crippen molar-refractivity contribution in [1.82, 2.24) is 0 Å². The molecule has 9 atom stereocenters. The van der Waals surface area contributed by atoms with Crippen LogP contribution in [0, 0.1) is 11.3 Å². The summed E-state index contributed by atoms with van der Waals surface area (Å²) in [5.74, 6) is -1.86. The molecule has 0 amide bonds. The van der Waals surface area contributed by atoms with Crippen molar-refractivity contribution < 1.29 is 44.2 Å². The second-order valence-corrected chi connectivity index (χ2v) is 11.7. The number of fused-ring (bicyclic) bond motifs is 4. The molecule has 0 radical (unpaired) electrons. The Morgan fingerprint density at radius 1 is 1.14 bits per heavy atom. The summed E-state index contributed by atoms with van der Waals surface area (Å²) in [6.07, 6.45) is 18.5. The van der Waals surface area contributed by atoms with Crippen LogP contribution in [0.1, 0.15) is 59.3 Å². The number of carboxylic acid groups (broad SMARTS) is 1. The number of carbonyl (C=O) groups excluding carboxylic acids is 1. The number of aliphatic hydroxyl groups excluding tert-OH is 3. The van der Waals surface area contributed by atoms with E-state index in [0.717, 1.165) is 5.57 Å². The Kier molecular flexibility index (Phi) is 12.9. The molecule has 0 aliphatic carbocycles. The van der Waals surface area contributed by atoms with Crippen LogP contribution >= 0.6 is 0 Å². The van der Waals surface area contributed by atoms with Gasteiger partial charge in [-0.25, -0.2) is 9.59 Å². The number of carboxylic acids is 1. The molecule has 232 valence electrons. The van der Waals surface area contributed by atoms with Gasteiger partial charge in [0.05, 0.1) is 42.5 Å². The van der Waals surface area contributed by atoms with Gasteiger partial charge < -0.3 is 34.6 Å². The maximum Gasteiger partial charge on any atom is 0.332 e. The second kappa shape index (κ2) is 16.1. The van der Waals surface area contributed by atoms with Gasteiger partial charge in [0, 0.05) is 31.3 Å². The topological polar surface area (TPSA) is 143 Å². The van der Waals surface area contributed by atoms with Crippen molar-refractivity contribution in [3.8, 4) is 0 Å². The van der Waals surface area contributed by atoms with Crippen molar-refractivity contribution in [2.45, 2.75) is 102 Å². The summed E-state index contributed by atoms with van der Waals surface area (Å²) in [5, 5.41) is 39.4. The Morgan fingerprint density at radius 2 is 1.93 bits per heavy atom. The molecule has 3 rings (SSSR count). The first kappa shape index (κ1) is 33.7. The van der Waals surface area contributed by atoms with E-state index >= 15 is 0 Å². The fraction of sp³-hybridized carbons (Fsp3) is 0.576. The molecule has 4 bridgehead atoms. The van der Waals surface area contributed by atoms with Crippen LogP contribution in [-0.2, 0) is 23.8 Å². The lowest BCUT2D eigenvalue weighted by molar-refractivity contribution is -0.198. The highest BCUT2D eigenvalue weighted by Crippen LogP contribution is 2.41. The molecule has 9 heteroatoms. The van der Waals surface area contributed by atoms with Gasteiger partial charge in [0.1, 0.15) is 6.10 Å². The number of aliphatic hydroxyl groups is 3. The lowest BCUT2D eigenvalue weighted by Crippen LogP contribution is -2.55. The third-order valence-electron chi connectivity index (χ3n) is 8.31. The Labute approximate surface area is 248 Å². The second-order valence-electron chi connectivity index (χ2n) is 11.7. The molecule has 2 saturated heterocycles. The molecule has 4 N–H and O–H groups in total. The van der Waals surface area contributed by atoms with E-state index in [1.165, 1.54) is 6.08 Å². The van der Waals surface area contributed by atoms with Gasteiger partial charge in [-0.05, 0) is 26.2 Å². The van der Waals surface area contributed by atoms with Crippen LogP contribution in [-0.4, -0.2) is 81.7 Å². The lowest BCUT2D eigenvalue weighted by Gasteiger charge is -2.47. The Hall–Kier alpha value is -2.82. The van der Waals surface area contributed by atoms with Crippen LogP contribution in [0.3, 0.4) is 0 Å². The zero-order chi connectivity index (χ0) is 30.7. The number of carbonyl (C=O) groups is 2. The average molecular weight is 587 g/mol. The third-order valence-corrected chi connectivity index (χ3v) is 8.31. The smallest absolute Gasteiger partial charge is 0.332 e. The Morgan fingerprint density at radius 3 is 2.67 bits per heavy atom. The fourth-order valence-corrected chi connectivity index (χ4v) is 5.44. The molecule has 2 fully saturated rings. The highest BCUT2D eigenvalue weighted by atomic mass is 16.6. The van der Waals surface area contributed by atoms with Gasteiger partial charge in [0.15, 0.2) is 6.10 Å². The van der Waals surface area contributed by atoms with Crippen LogP contribution < -0.4 is 0 Å². The molecule has 9 unspecified atom stereocenters. The van der Waals surface area contributed by atoms with Gasteiger partial charge in [-0.1, -0.05) is 80.2 Å². The number of ether oxygens (including phenoxy) is 3. The number of rotatable bonds is 6. The maximum atomic E-state index is 12.8. The summed E-state index contributed by atoms with van der Waals surface area (Å²) >= 11 is 0. The molecular weight excluding hydrogens is 540 g/mol. The predicted octanol–water partition coefficient (Wildman–Crippen LogP) is 3.96. The number of allylic oxidation sites excluding steroid dienone is 6. The van der Waals surface area contributed by atoms with Crippen molar-refractivity contribution in [1.29, 1.82) is 0 Å². The summed E-state index contributed by atoms with van der Waals surface area (Å²) in [5.41, 5.74) is 0.130. The van der Waals surface area contributed by atoms with E-state index in [-0.39, 0.29) is 37.3 Å². The van der Waals surface area contributed by atoms with Gasteiger partial charge in [-0.15, -0.1) is 0 Å². The minimum Gasteiger partial charge on any atom is -0.479 e. The normalized spacial score (nSPS) is 35.4. The molecule has 0 spiro atoms.